The van der Waals surface area contributed by atoms with Crippen LogP contribution in [0.2, 0.25) is 0 Å². The van der Waals surface area contributed by atoms with Gasteiger partial charge >= 0.3 is 0 Å². The average molecular weight is 296 g/mol. The molecule has 1 aromatic carbocycles. The number of hydrogen-bond donors (Lipinski definition) is 2. The lowest BCUT2D eigenvalue weighted by Crippen LogP contribution is -2.53. The molecule has 1 saturated heterocycles. The first kappa shape index (κ1) is 15.7. The van der Waals surface area contributed by atoms with Gasteiger partial charge in [-0.2, -0.15) is 0 Å². The van der Waals surface area contributed by atoms with Crippen molar-refractivity contribution in [2.24, 2.45) is 0 Å². The molecule has 1 aromatic rings. The normalized spacial score (nSPS) is 17.3. The summed E-state index contributed by atoms with van der Waals surface area (Å²) in [4.78, 5) is 12.4. The van der Waals surface area contributed by atoms with Gasteiger partial charge in [-0.25, -0.2) is 4.39 Å². The Hall–Kier alpha value is -1.66. The molecule has 0 saturated carbocycles. The van der Waals surface area contributed by atoms with E-state index in [2.05, 4.69) is 10.6 Å². The van der Waals surface area contributed by atoms with Gasteiger partial charge in [-0.1, -0.05) is 6.07 Å². The third-order valence-electron chi connectivity index (χ3n) is 3.89. The van der Waals surface area contributed by atoms with Crippen LogP contribution in [0, 0.1) is 5.82 Å². The Morgan fingerprint density at radius 1 is 1.38 bits per heavy atom. The molecule has 0 radical (unpaired) electrons. The number of ether oxygens (including phenoxy) is 2. The van der Waals surface area contributed by atoms with Crippen LogP contribution in [0.25, 0.3) is 0 Å². The van der Waals surface area contributed by atoms with E-state index < -0.39 is 11.4 Å². The lowest BCUT2D eigenvalue weighted by Gasteiger charge is -2.34. The second kappa shape index (κ2) is 6.87. The smallest absolute Gasteiger partial charge is 0.252 e. The van der Waals surface area contributed by atoms with Gasteiger partial charge in [-0.05, 0) is 43.6 Å². The van der Waals surface area contributed by atoms with Gasteiger partial charge in [0.15, 0.2) is 11.6 Å². The highest BCUT2D eigenvalue weighted by molar-refractivity contribution is 5.85. The van der Waals surface area contributed by atoms with Crippen LogP contribution in [0.5, 0.6) is 5.75 Å². The highest BCUT2D eigenvalue weighted by Gasteiger charge is 2.39. The van der Waals surface area contributed by atoms with Crippen LogP contribution in [0.3, 0.4) is 0 Å². The number of amides is 1. The zero-order valence-electron chi connectivity index (χ0n) is 12.4. The predicted molar refractivity (Wildman–Crippen MR) is 76.6 cm³/mol. The van der Waals surface area contributed by atoms with Gasteiger partial charge in [0, 0.05) is 13.7 Å². The summed E-state index contributed by atoms with van der Waals surface area (Å²) in [6.45, 7) is 1.76. The van der Waals surface area contributed by atoms with E-state index in [1.807, 2.05) is 0 Å². The molecular weight excluding hydrogens is 275 g/mol. The number of nitrogens with one attached hydrogen (secondary N) is 2. The SMILES string of the molecule is COc1ccc(CNC(=O)C2(OC)CCNCC2)cc1F. The summed E-state index contributed by atoms with van der Waals surface area (Å²) in [6.07, 6.45) is 1.26. The summed E-state index contributed by atoms with van der Waals surface area (Å²) in [5.41, 5.74) is -0.0992. The van der Waals surface area contributed by atoms with Crippen LogP contribution in [0.1, 0.15) is 18.4 Å². The average Bonchev–Trinajstić information content (AvgIpc) is 2.53. The molecule has 1 fully saturated rings. The van der Waals surface area contributed by atoms with Gasteiger partial charge in [-0.15, -0.1) is 0 Å². The molecule has 1 aliphatic heterocycles. The fraction of sp³-hybridized carbons (Fsp3) is 0.533. The molecule has 1 aliphatic rings. The number of halogens is 1. The van der Waals surface area contributed by atoms with Crippen molar-refractivity contribution in [3.63, 3.8) is 0 Å². The maximum atomic E-state index is 13.6. The second-order valence-corrected chi connectivity index (χ2v) is 5.10. The van der Waals surface area contributed by atoms with Crippen LogP contribution in [-0.4, -0.2) is 38.8 Å². The summed E-state index contributed by atoms with van der Waals surface area (Å²) < 4.78 is 23.9. The number of benzene rings is 1. The van der Waals surface area contributed by atoms with Gasteiger partial charge in [0.2, 0.25) is 0 Å². The van der Waals surface area contributed by atoms with Gasteiger partial charge in [0.1, 0.15) is 5.60 Å². The first-order valence-electron chi connectivity index (χ1n) is 6.98. The monoisotopic (exact) mass is 296 g/mol. The van der Waals surface area contributed by atoms with Crippen molar-refractivity contribution in [1.82, 2.24) is 10.6 Å². The zero-order valence-corrected chi connectivity index (χ0v) is 12.4. The molecule has 0 atom stereocenters. The molecule has 5 nitrogen and oxygen atoms in total. The largest absolute Gasteiger partial charge is 0.494 e. The molecule has 2 N–H and O–H groups in total. The lowest BCUT2D eigenvalue weighted by molar-refractivity contribution is -0.146. The molecule has 0 aromatic heterocycles. The molecular formula is C15H21FN2O3. The maximum Gasteiger partial charge on any atom is 0.252 e. The summed E-state index contributed by atoms with van der Waals surface area (Å²) in [7, 11) is 2.97. The number of hydrogen-bond acceptors (Lipinski definition) is 4. The Kier molecular flexibility index (Phi) is 5.14. The Bertz CT molecular complexity index is 502. The van der Waals surface area contributed by atoms with E-state index in [1.165, 1.54) is 13.2 Å². The Labute approximate surface area is 123 Å². The second-order valence-electron chi connectivity index (χ2n) is 5.10. The summed E-state index contributed by atoms with van der Waals surface area (Å²) in [5, 5.41) is 6.03. The molecule has 6 heteroatoms. The molecule has 1 heterocycles. The van der Waals surface area contributed by atoms with Gasteiger partial charge < -0.3 is 20.1 Å². The molecule has 116 valence electrons. The van der Waals surface area contributed by atoms with Gasteiger partial charge in [0.25, 0.3) is 5.91 Å². The highest BCUT2D eigenvalue weighted by atomic mass is 19.1. The van der Waals surface area contributed by atoms with E-state index >= 15 is 0 Å². The van der Waals surface area contributed by atoms with Crippen LogP contribution in [0.15, 0.2) is 18.2 Å². The third-order valence-corrected chi connectivity index (χ3v) is 3.89. The predicted octanol–water partition coefficient (Wildman–Crippen LogP) is 1.22. The summed E-state index contributed by atoms with van der Waals surface area (Å²) in [6, 6.07) is 4.64. The van der Waals surface area contributed by atoms with Crippen molar-refractivity contribution in [2.75, 3.05) is 27.3 Å². The molecule has 21 heavy (non-hydrogen) atoms. The van der Waals surface area contributed by atoms with Crippen molar-refractivity contribution in [3.8, 4) is 5.75 Å². The van der Waals surface area contributed by atoms with Gasteiger partial charge in [-0.3, -0.25) is 4.79 Å². The molecule has 2 rings (SSSR count). The van der Waals surface area contributed by atoms with E-state index in [1.54, 1.807) is 19.2 Å². The first-order chi connectivity index (χ1) is 10.1. The summed E-state index contributed by atoms with van der Waals surface area (Å²) in [5.74, 6) is -0.396. The minimum atomic E-state index is -0.781. The molecule has 0 unspecified atom stereocenters. The van der Waals surface area contributed by atoms with Crippen molar-refractivity contribution >= 4 is 5.91 Å². The topological polar surface area (TPSA) is 59.6 Å². The number of carbonyl (C=O) groups excluding carboxylic acids is 1. The Morgan fingerprint density at radius 2 is 2.10 bits per heavy atom. The Balaban J connectivity index is 1.98. The number of rotatable bonds is 5. The van der Waals surface area contributed by atoms with Crippen molar-refractivity contribution in [2.45, 2.75) is 25.0 Å². The van der Waals surface area contributed by atoms with E-state index in [4.69, 9.17) is 9.47 Å². The third kappa shape index (κ3) is 3.51. The van der Waals surface area contributed by atoms with E-state index in [0.717, 1.165) is 13.1 Å². The zero-order chi connectivity index (χ0) is 15.3. The van der Waals surface area contributed by atoms with E-state index in [0.29, 0.717) is 18.4 Å². The maximum absolute atomic E-state index is 13.6. The Morgan fingerprint density at radius 3 is 2.67 bits per heavy atom. The van der Waals surface area contributed by atoms with Crippen molar-refractivity contribution < 1.29 is 18.7 Å². The number of methoxy groups -OCH3 is 2. The van der Waals surface area contributed by atoms with Crippen LogP contribution in [-0.2, 0) is 16.1 Å². The molecule has 0 bridgehead atoms. The number of piperidine rings is 1. The standard InChI is InChI=1S/C15H21FN2O3/c1-20-13-4-3-11(9-12(13)16)10-18-14(19)15(21-2)5-7-17-8-6-15/h3-4,9,17H,5-8,10H2,1-2H3,(H,18,19). The van der Waals surface area contributed by atoms with Crippen LogP contribution >= 0.6 is 0 Å². The van der Waals surface area contributed by atoms with E-state index in [-0.39, 0.29) is 18.2 Å². The van der Waals surface area contributed by atoms with Gasteiger partial charge in [0.05, 0.1) is 7.11 Å². The lowest BCUT2D eigenvalue weighted by atomic mass is 9.91. The minimum Gasteiger partial charge on any atom is -0.494 e. The minimum absolute atomic E-state index is 0.150. The molecule has 0 spiro atoms. The first-order valence-corrected chi connectivity index (χ1v) is 6.98. The van der Waals surface area contributed by atoms with Crippen molar-refractivity contribution in [1.29, 1.82) is 0 Å². The van der Waals surface area contributed by atoms with Crippen LogP contribution < -0.4 is 15.4 Å². The van der Waals surface area contributed by atoms with E-state index in [9.17, 15) is 9.18 Å². The highest BCUT2D eigenvalue weighted by Crippen LogP contribution is 2.23. The quantitative estimate of drug-likeness (QED) is 0.858. The fourth-order valence-corrected chi connectivity index (χ4v) is 2.52. The molecule has 0 aliphatic carbocycles. The number of carbonyl (C=O) groups is 1. The summed E-state index contributed by atoms with van der Waals surface area (Å²) >= 11 is 0. The molecule has 1 amide bonds. The van der Waals surface area contributed by atoms with Crippen LogP contribution in [0.4, 0.5) is 4.39 Å². The fourth-order valence-electron chi connectivity index (χ4n) is 2.52. The van der Waals surface area contributed by atoms with Crippen molar-refractivity contribution in [3.05, 3.63) is 29.6 Å².